The molecule has 0 aliphatic rings. The van der Waals surface area contributed by atoms with Gasteiger partial charge in [-0.1, -0.05) is 23.2 Å². The van der Waals surface area contributed by atoms with Crippen molar-refractivity contribution in [3.8, 4) is 0 Å². The van der Waals surface area contributed by atoms with Gasteiger partial charge in [0.25, 0.3) is 5.91 Å². The summed E-state index contributed by atoms with van der Waals surface area (Å²) < 4.78 is 12.8. The lowest BCUT2D eigenvalue weighted by Crippen LogP contribution is -2.13. The van der Waals surface area contributed by atoms with Crippen LogP contribution < -0.4 is 5.73 Å². The lowest BCUT2D eigenvalue weighted by atomic mass is 10.2. The first-order chi connectivity index (χ1) is 5.52. The van der Waals surface area contributed by atoms with Crippen LogP contribution in [0.5, 0.6) is 0 Å². The van der Waals surface area contributed by atoms with Gasteiger partial charge in [0.2, 0.25) is 0 Å². The zero-order valence-electron chi connectivity index (χ0n) is 5.77. The molecule has 1 amide bonds. The summed E-state index contributed by atoms with van der Waals surface area (Å²) in [6.45, 7) is 0. The van der Waals surface area contributed by atoms with Crippen LogP contribution in [0.15, 0.2) is 12.1 Å². The summed E-state index contributed by atoms with van der Waals surface area (Å²) in [7, 11) is 0. The molecule has 2 nitrogen and oxygen atoms in total. The Kier molecular flexibility index (Phi) is 2.55. The van der Waals surface area contributed by atoms with Gasteiger partial charge in [0.15, 0.2) is 0 Å². The fraction of sp³-hybridized carbons (Fsp3) is 0. The van der Waals surface area contributed by atoms with E-state index >= 15 is 0 Å². The van der Waals surface area contributed by atoms with Crippen molar-refractivity contribution in [2.45, 2.75) is 0 Å². The molecule has 0 fully saturated rings. The number of hydrogen-bond acceptors (Lipinski definition) is 1. The number of benzene rings is 1. The Labute approximate surface area is 78.1 Å². The number of carbonyl (C=O) groups excluding carboxylic acids is 1. The van der Waals surface area contributed by atoms with Crippen molar-refractivity contribution < 1.29 is 9.18 Å². The molecule has 0 aliphatic heterocycles. The summed E-state index contributed by atoms with van der Waals surface area (Å²) in [6, 6.07) is 2.05. The molecule has 0 atom stereocenters. The second-order valence-electron chi connectivity index (χ2n) is 2.11. The molecule has 12 heavy (non-hydrogen) atoms. The summed E-state index contributed by atoms with van der Waals surface area (Å²) >= 11 is 11.0. The summed E-state index contributed by atoms with van der Waals surface area (Å²) in [5, 5.41) is 0.158. The number of nitrogens with two attached hydrogens (primary N) is 1. The zero-order valence-corrected chi connectivity index (χ0v) is 7.29. The van der Waals surface area contributed by atoms with E-state index in [2.05, 4.69) is 0 Å². The number of hydrogen-bond donors (Lipinski definition) is 1. The molecule has 2 N–H and O–H groups in total. The second-order valence-corrected chi connectivity index (χ2v) is 2.92. The molecular formula is C7H4Cl2FNO. The molecule has 1 aromatic rings. The maximum Gasteiger partial charge on any atom is 0.251 e. The van der Waals surface area contributed by atoms with E-state index in [1.165, 1.54) is 0 Å². The van der Waals surface area contributed by atoms with Gasteiger partial charge in [-0.25, -0.2) is 4.39 Å². The number of halogens is 3. The van der Waals surface area contributed by atoms with E-state index in [4.69, 9.17) is 28.9 Å². The standard InChI is InChI=1S/C7H4Cl2FNO/c8-4-1-3(7(11)12)6(10)2-5(4)9/h1-2H,(H2,11,12). The molecule has 64 valence electrons. The first-order valence-electron chi connectivity index (χ1n) is 2.96. The van der Waals surface area contributed by atoms with Crippen LogP contribution in [0.25, 0.3) is 0 Å². The summed E-state index contributed by atoms with van der Waals surface area (Å²) in [4.78, 5) is 10.6. The topological polar surface area (TPSA) is 43.1 Å². The Morgan fingerprint density at radius 3 is 2.33 bits per heavy atom. The van der Waals surface area contributed by atoms with Crippen molar-refractivity contribution in [2.75, 3.05) is 0 Å². The van der Waals surface area contributed by atoms with Crippen LogP contribution in [0.4, 0.5) is 4.39 Å². The predicted molar refractivity (Wildman–Crippen MR) is 44.9 cm³/mol. The van der Waals surface area contributed by atoms with Gasteiger partial charge in [0.05, 0.1) is 15.6 Å². The van der Waals surface area contributed by atoms with E-state index in [-0.39, 0.29) is 15.6 Å². The number of amides is 1. The third kappa shape index (κ3) is 1.68. The highest BCUT2D eigenvalue weighted by Crippen LogP contribution is 2.24. The van der Waals surface area contributed by atoms with Crippen LogP contribution in [0, 0.1) is 5.82 Å². The summed E-state index contributed by atoms with van der Waals surface area (Å²) in [6.07, 6.45) is 0. The van der Waals surface area contributed by atoms with Gasteiger partial charge in [-0.2, -0.15) is 0 Å². The molecule has 1 rings (SSSR count). The van der Waals surface area contributed by atoms with Crippen LogP contribution in [0.3, 0.4) is 0 Å². The molecule has 0 aliphatic carbocycles. The van der Waals surface area contributed by atoms with Crippen LogP contribution in [0.1, 0.15) is 10.4 Å². The molecule has 0 saturated carbocycles. The maximum atomic E-state index is 12.8. The fourth-order valence-corrected chi connectivity index (χ4v) is 1.03. The van der Waals surface area contributed by atoms with Crippen LogP contribution in [-0.2, 0) is 0 Å². The van der Waals surface area contributed by atoms with Crippen molar-refractivity contribution in [1.82, 2.24) is 0 Å². The number of rotatable bonds is 1. The summed E-state index contributed by atoms with van der Waals surface area (Å²) in [5.41, 5.74) is 4.59. The van der Waals surface area contributed by atoms with Crippen LogP contribution in [-0.4, -0.2) is 5.91 Å². The monoisotopic (exact) mass is 207 g/mol. The highest BCUT2D eigenvalue weighted by atomic mass is 35.5. The van der Waals surface area contributed by atoms with Gasteiger partial charge in [-0.3, -0.25) is 4.79 Å². The van der Waals surface area contributed by atoms with Gasteiger partial charge in [0.1, 0.15) is 5.82 Å². The number of primary amides is 1. The largest absolute Gasteiger partial charge is 0.366 e. The lowest BCUT2D eigenvalue weighted by molar-refractivity contribution is 0.0996. The van der Waals surface area contributed by atoms with Crippen molar-refractivity contribution in [1.29, 1.82) is 0 Å². The normalized spacial score (nSPS) is 9.92. The van der Waals surface area contributed by atoms with Crippen molar-refractivity contribution in [3.05, 3.63) is 33.6 Å². The van der Waals surface area contributed by atoms with Gasteiger partial charge in [-0.15, -0.1) is 0 Å². The van der Waals surface area contributed by atoms with Crippen LogP contribution >= 0.6 is 23.2 Å². The average molecular weight is 208 g/mol. The third-order valence-corrected chi connectivity index (χ3v) is 2.00. The Morgan fingerprint density at radius 1 is 1.33 bits per heavy atom. The zero-order chi connectivity index (χ0) is 9.30. The molecule has 0 unspecified atom stereocenters. The first-order valence-corrected chi connectivity index (χ1v) is 3.72. The summed E-state index contributed by atoms with van der Waals surface area (Å²) in [5.74, 6) is -1.64. The van der Waals surface area contributed by atoms with E-state index < -0.39 is 11.7 Å². The molecule has 0 saturated heterocycles. The SMILES string of the molecule is NC(=O)c1cc(Cl)c(Cl)cc1F. The molecule has 0 heterocycles. The van der Waals surface area contributed by atoms with E-state index in [1.807, 2.05) is 0 Å². The quantitative estimate of drug-likeness (QED) is 0.706. The van der Waals surface area contributed by atoms with Gasteiger partial charge >= 0.3 is 0 Å². The lowest BCUT2D eigenvalue weighted by Gasteiger charge is -2.00. The van der Waals surface area contributed by atoms with Crippen molar-refractivity contribution in [2.24, 2.45) is 5.73 Å². The average Bonchev–Trinajstić information content (AvgIpc) is 1.96. The molecule has 5 heteroatoms. The minimum Gasteiger partial charge on any atom is -0.366 e. The van der Waals surface area contributed by atoms with Gasteiger partial charge < -0.3 is 5.73 Å². The third-order valence-electron chi connectivity index (χ3n) is 1.28. The van der Waals surface area contributed by atoms with Gasteiger partial charge in [0, 0.05) is 0 Å². The highest BCUT2D eigenvalue weighted by Gasteiger charge is 2.11. The van der Waals surface area contributed by atoms with E-state index in [1.54, 1.807) is 0 Å². The minimum atomic E-state index is -0.869. The smallest absolute Gasteiger partial charge is 0.251 e. The van der Waals surface area contributed by atoms with E-state index in [0.29, 0.717) is 0 Å². The van der Waals surface area contributed by atoms with Crippen LogP contribution in [0.2, 0.25) is 10.0 Å². The van der Waals surface area contributed by atoms with Crippen molar-refractivity contribution in [3.63, 3.8) is 0 Å². The molecule has 0 radical (unpaired) electrons. The highest BCUT2D eigenvalue weighted by molar-refractivity contribution is 6.42. The van der Waals surface area contributed by atoms with Gasteiger partial charge in [-0.05, 0) is 12.1 Å². The fourth-order valence-electron chi connectivity index (χ4n) is 0.711. The van der Waals surface area contributed by atoms with Crippen molar-refractivity contribution >= 4 is 29.1 Å². The Balaban J connectivity index is 3.33. The Hall–Kier alpha value is -0.800. The minimum absolute atomic E-state index is 0.0548. The Bertz CT molecular complexity index is 340. The molecule has 0 spiro atoms. The maximum absolute atomic E-state index is 12.8. The number of carbonyl (C=O) groups is 1. The second kappa shape index (κ2) is 3.29. The first kappa shape index (κ1) is 9.29. The van der Waals surface area contributed by atoms with E-state index in [9.17, 15) is 9.18 Å². The molecule has 0 aromatic heterocycles. The molecular weight excluding hydrogens is 204 g/mol. The predicted octanol–water partition coefficient (Wildman–Crippen LogP) is 2.23. The Morgan fingerprint density at radius 2 is 1.83 bits per heavy atom. The van der Waals surface area contributed by atoms with E-state index in [0.717, 1.165) is 12.1 Å². The molecule has 0 bridgehead atoms. The molecule has 1 aromatic carbocycles.